The molecule has 1 heterocycles. The van der Waals surface area contributed by atoms with Crippen LogP contribution < -0.4 is 0 Å². The van der Waals surface area contributed by atoms with Gasteiger partial charge in [0.25, 0.3) is 0 Å². The molecule has 0 spiro atoms. The second kappa shape index (κ2) is 3.67. The molecule has 0 unspecified atom stereocenters. The number of rotatable bonds is 3. The Bertz CT molecular complexity index is 285. The van der Waals surface area contributed by atoms with E-state index in [1.54, 1.807) is 0 Å². The van der Waals surface area contributed by atoms with E-state index >= 15 is 0 Å². The van der Waals surface area contributed by atoms with Gasteiger partial charge in [-0.3, -0.25) is 0 Å². The molecular weight excluding hydrogens is 196 g/mol. The quantitative estimate of drug-likeness (QED) is 0.825. The minimum Gasteiger partial charge on any atom is -0.390 e. The fourth-order valence-corrected chi connectivity index (χ4v) is 1.69. The van der Waals surface area contributed by atoms with Crippen LogP contribution in [0.3, 0.4) is 0 Å². The number of aromatic nitrogens is 1. The summed E-state index contributed by atoms with van der Waals surface area (Å²) in [6.45, 7) is 2.62. The van der Waals surface area contributed by atoms with Gasteiger partial charge in [-0.15, -0.1) is 11.3 Å². The first-order valence-corrected chi connectivity index (χ1v) is 4.74. The van der Waals surface area contributed by atoms with E-state index in [-0.39, 0.29) is 10.8 Å². The van der Waals surface area contributed by atoms with Crippen LogP contribution in [0.5, 0.6) is 0 Å². The maximum absolute atomic E-state index is 12.9. The predicted octanol–water partition coefficient (Wildman–Crippen LogP) is 2.35. The Labute approximate surface area is 79.2 Å². The lowest BCUT2D eigenvalue weighted by atomic mass is 10.2. The topological polar surface area (TPSA) is 33.1 Å². The highest BCUT2D eigenvalue weighted by molar-refractivity contribution is 7.11. The molecule has 5 heteroatoms. The van der Waals surface area contributed by atoms with Crippen molar-refractivity contribution in [1.82, 2.24) is 4.98 Å². The molecule has 0 saturated carbocycles. The smallest absolute Gasteiger partial charge is 0.306 e. The molecule has 0 amide bonds. The molecule has 0 aromatic carbocycles. The molecule has 1 aromatic heterocycles. The van der Waals surface area contributed by atoms with Gasteiger partial charge in [0.05, 0.1) is 9.88 Å². The summed E-state index contributed by atoms with van der Waals surface area (Å²) in [5, 5.41) is 9.09. The highest BCUT2D eigenvalue weighted by Gasteiger charge is 2.33. The van der Waals surface area contributed by atoms with E-state index in [4.69, 9.17) is 5.11 Å². The van der Waals surface area contributed by atoms with E-state index in [2.05, 4.69) is 4.98 Å². The zero-order valence-corrected chi connectivity index (χ0v) is 8.24. The highest BCUT2D eigenvalue weighted by Crippen LogP contribution is 2.33. The van der Waals surface area contributed by atoms with Gasteiger partial charge in [-0.25, -0.2) is 4.98 Å². The third-order valence-corrected chi connectivity index (χ3v) is 2.99. The first-order chi connectivity index (χ1) is 5.97. The molecule has 0 bridgehead atoms. The maximum atomic E-state index is 12.9. The number of hydrogen-bond donors (Lipinski definition) is 1. The Hall–Kier alpha value is -0.550. The monoisotopic (exact) mass is 207 g/mol. The number of aliphatic hydroxyl groups excluding tert-OH is 1. The summed E-state index contributed by atoms with van der Waals surface area (Å²) in [5.74, 6) is -3.00. The van der Waals surface area contributed by atoms with Crippen LogP contribution >= 0.6 is 11.3 Å². The second-order valence-corrected chi connectivity index (χ2v) is 4.14. The molecule has 1 N–H and O–H groups in total. The molecular formula is C8H11F2NOS. The maximum Gasteiger partial charge on any atom is 0.306 e. The summed E-state index contributed by atoms with van der Waals surface area (Å²) in [5.41, 5.74) is 0. The zero-order chi connectivity index (χ0) is 10.1. The van der Waals surface area contributed by atoms with Gasteiger partial charge in [0, 0.05) is 12.1 Å². The molecule has 74 valence electrons. The Morgan fingerprint density at radius 3 is 2.62 bits per heavy atom. The van der Waals surface area contributed by atoms with E-state index in [1.165, 1.54) is 0 Å². The molecule has 0 fully saturated rings. The van der Waals surface area contributed by atoms with Gasteiger partial charge in [0.1, 0.15) is 6.61 Å². The molecule has 0 atom stereocenters. The Morgan fingerprint density at radius 2 is 2.23 bits per heavy atom. The molecule has 1 rings (SSSR count). The molecule has 13 heavy (non-hydrogen) atoms. The Balaban J connectivity index is 2.91. The number of halogens is 2. The van der Waals surface area contributed by atoms with Crippen molar-refractivity contribution in [3.8, 4) is 0 Å². The summed E-state index contributed by atoms with van der Waals surface area (Å²) in [7, 11) is 0. The fourth-order valence-electron chi connectivity index (χ4n) is 0.802. The van der Waals surface area contributed by atoms with E-state index in [9.17, 15) is 8.78 Å². The van der Waals surface area contributed by atoms with E-state index in [0.29, 0.717) is 5.01 Å². The van der Waals surface area contributed by atoms with Gasteiger partial charge in [-0.05, 0) is 0 Å². The van der Waals surface area contributed by atoms with Crippen LogP contribution in [0.1, 0.15) is 29.7 Å². The summed E-state index contributed by atoms with van der Waals surface area (Å²) < 4.78 is 25.8. The first kappa shape index (κ1) is 10.5. The Kier molecular flexibility index (Phi) is 2.98. The summed E-state index contributed by atoms with van der Waals surface area (Å²) in [6, 6.07) is 0. The van der Waals surface area contributed by atoms with Crippen molar-refractivity contribution in [2.75, 3.05) is 6.61 Å². The first-order valence-electron chi connectivity index (χ1n) is 3.92. The Morgan fingerprint density at radius 1 is 1.62 bits per heavy atom. The van der Waals surface area contributed by atoms with Crippen molar-refractivity contribution < 1.29 is 13.9 Å². The third-order valence-electron chi connectivity index (χ3n) is 1.58. The van der Waals surface area contributed by atoms with Crippen molar-refractivity contribution in [1.29, 1.82) is 0 Å². The van der Waals surface area contributed by atoms with Crippen molar-refractivity contribution in [2.24, 2.45) is 0 Å². The van der Waals surface area contributed by atoms with Crippen LogP contribution in [0.4, 0.5) is 8.78 Å². The van der Waals surface area contributed by atoms with Gasteiger partial charge in [0.15, 0.2) is 0 Å². The van der Waals surface area contributed by atoms with Crippen molar-refractivity contribution in [2.45, 2.75) is 25.7 Å². The number of hydrogen-bond acceptors (Lipinski definition) is 3. The summed E-state index contributed by atoms with van der Waals surface area (Å²) in [6.07, 6.45) is 1.14. The lowest BCUT2D eigenvalue weighted by molar-refractivity contribution is -0.0525. The van der Waals surface area contributed by atoms with E-state index < -0.39 is 12.5 Å². The van der Waals surface area contributed by atoms with Crippen molar-refractivity contribution >= 4 is 11.3 Å². The van der Waals surface area contributed by atoms with E-state index in [1.807, 2.05) is 13.8 Å². The number of thiazole rings is 1. The molecule has 0 aliphatic heterocycles. The average Bonchev–Trinajstić information content (AvgIpc) is 2.52. The lowest BCUT2D eigenvalue weighted by Gasteiger charge is -2.08. The van der Waals surface area contributed by atoms with E-state index in [0.717, 1.165) is 17.5 Å². The predicted molar refractivity (Wildman–Crippen MR) is 47.2 cm³/mol. The third kappa shape index (κ3) is 2.22. The molecule has 1 aromatic rings. The standard InChI is InChI=1S/C8H11F2NOS/c1-5(2)7-11-3-6(13-7)8(9,10)4-12/h3,5,12H,4H2,1-2H3. The molecule has 0 aliphatic rings. The number of aliphatic hydroxyl groups is 1. The largest absolute Gasteiger partial charge is 0.390 e. The molecule has 0 aliphatic carbocycles. The van der Waals surface area contributed by atoms with Gasteiger partial charge < -0.3 is 5.11 Å². The van der Waals surface area contributed by atoms with Gasteiger partial charge >= 0.3 is 5.92 Å². The van der Waals surface area contributed by atoms with Gasteiger partial charge in [-0.1, -0.05) is 13.8 Å². The van der Waals surface area contributed by atoms with Gasteiger partial charge in [-0.2, -0.15) is 8.78 Å². The SMILES string of the molecule is CC(C)c1ncc(C(F)(F)CO)s1. The van der Waals surface area contributed by atoms with Crippen LogP contribution in [0, 0.1) is 0 Å². The fraction of sp³-hybridized carbons (Fsp3) is 0.625. The number of nitrogens with zero attached hydrogens (tertiary/aromatic N) is 1. The number of alkyl halides is 2. The van der Waals surface area contributed by atoms with Crippen molar-refractivity contribution in [3.63, 3.8) is 0 Å². The van der Waals surface area contributed by atoms with Crippen molar-refractivity contribution in [3.05, 3.63) is 16.1 Å². The lowest BCUT2D eigenvalue weighted by Crippen LogP contribution is -2.16. The summed E-state index contributed by atoms with van der Waals surface area (Å²) in [4.78, 5) is 3.69. The zero-order valence-electron chi connectivity index (χ0n) is 7.42. The minimum absolute atomic E-state index is 0.147. The molecule has 2 nitrogen and oxygen atoms in total. The second-order valence-electron chi connectivity index (χ2n) is 3.08. The van der Waals surface area contributed by atoms with Crippen LogP contribution in [0.25, 0.3) is 0 Å². The normalized spacial score (nSPS) is 12.5. The minimum atomic E-state index is -3.15. The molecule has 0 saturated heterocycles. The van der Waals surface area contributed by atoms with Crippen LogP contribution in [0.2, 0.25) is 0 Å². The van der Waals surface area contributed by atoms with Crippen LogP contribution in [0.15, 0.2) is 6.20 Å². The average molecular weight is 207 g/mol. The summed E-state index contributed by atoms with van der Waals surface area (Å²) >= 11 is 0.951. The van der Waals surface area contributed by atoms with Crippen LogP contribution in [-0.2, 0) is 5.92 Å². The molecule has 0 radical (unpaired) electrons. The highest BCUT2D eigenvalue weighted by atomic mass is 32.1. The van der Waals surface area contributed by atoms with Gasteiger partial charge in [0.2, 0.25) is 0 Å². The van der Waals surface area contributed by atoms with Crippen LogP contribution in [-0.4, -0.2) is 16.7 Å².